The van der Waals surface area contributed by atoms with Crippen LogP contribution in [0, 0.1) is 17.0 Å². The van der Waals surface area contributed by atoms with Crippen LogP contribution in [0.2, 0.25) is 10.0 Å². The molecule has 0 aromatic heterocycles. The van der Waals surface area contributed by atoms with E-state index >= 15 is 0 Å². The Bertz CT molecular complexity index is 1050. The van der Waals surface area contributed by atoms with Crippen molar-refractivity contribution in [1.29, 1.82) is 0 Å². The van der Waals surface area contributed by atoms with E-state index in [9.17, 15) is 18.4 Å². The van der Waals surface area contributed by atoms with Gasteiger partial charge in [-0.3, -0.25) is 9.59 Å². The van der Waals surface area contributed by atoms with Crippen LogP contribution >= 0.6 is 23.2 Å². The highest BCUT2D eigenvalue weighted by molar-refractivity contribution is 6.31. The second-order valence-corrected chi connectivity index (χ2v) is 9.00. The van der Waals surface area contributed by atoms with Gasteiger partial charge in [-0.25, -0.2) is 8.78 Å². The Morgan fingerprint density at radius 3 is 2.06 bits per heavy atom. The summed E-state index contributed by atoms with van der Waals surface area (Å²) in [4.78, 5) is 24.6. The molecule has 0 saturated heterocycles. The highest BCUT2D eigenvalue weighted by atomic mass is 35.5. The lowest BCUT2D eigenvalue weighted by Crippen LogP contribution is -2.78. The van der Waals surface area contributed by atoms with Gasteiger partial charge in [0.1, 0.15) is 29.7 Å². The molecule has 5 rings (SSSR count). The van der Waals surface area contributed by atoms with E-state index in [1.54, 1.807) is 6.07 Å². The second kappa shape index (κ2) is 8.75. The molecule has 32 heavy (non-hydrogen) atoms. The van der Waals surface area contributed by atoms with Crippen LogP contribution in [0.15, 0.2) is 36.4 Å². The van der Waals surface area contributed by atoms with E-state index in [-0.39, 0.29) is 52.9 Å². The van der Waals surface area contributed by atoms with Gasteiger partial charge in [0, 0.05) is 17.7 Å². The number of hydrogen-bond acceptors (Lipinski definition) is 4. The van der Waals surface area contributed by atoms with Crippen molar-refractivity contribution in [2.45, 2.75) is 24.8 Å². The van der Waals surface area contributed by atoms with Gasteiger partial charge in [-0.2, -0.15) is 0 Å². The van der Waals surface area contributed by atoms with E-state index in [0.29, 0.717) is 25.0 Å². The van der Waals surface area contributed by atoms with Crippen LogP contribution in [0.5, 0.6) is 11.5 Å². The van der Waals surface area contributed by atoms with Crippen LogP contribution in [-0.4, -0.2) is 37.1 Å². The Kier molecular flexibility index (Phi) is 6.18. The number of carbonyl (C=O) groups is 2. The summed E-state index contributed by atoms with van der Waals surface area (Å²) < 4.78 is 37.5. The zero-order valence-electron chi connectivity index (χ0n) is 16.9. The third-order valence-electron chi connectivity index (χ3n) is 5.72. The Morgan fingerprint density at radius 2 is 1.50 bits per heavy atom. The van der Waals surface area contributed by atoms with E-state index in [1.807, 2.05) is 0 Å². The van der Waals surface area contributed by atoms with Gasteiger partial charge in [-0.1, -0.05) is 23.2 Å². The van der Waals surface area contributed by atoms with Crippen LogP contribution in [-0.2, 0) is 9.59 Å². The molecule has 0 unspecified atom stereocenters. The number of nitrogens with one attached hydrogen (secondary N) is 2. The minimum atomic E-state index is -0.623. The summed E-state index contributed by atoms with van der Waals surface area (Å²) in [5.74, 6) is -1.08. The number of rotatable bonds is 9. The van der Waals surface area contributed by atoms with Gasteiger partial charge in [0.15, 0.2) is 6.61 Å². The maximum atomic E-state index is 13.4. The fourth-order valence-electron chi connectivity index (χ4n) is 4.30. The highest BCUT2D eigenvalue weighted by Crippen LogP contribution is 2.67. The quantitative estimate of drug-likeness (QED) is 0.529. The zero-order valence-corrected chi connectivity index (χ0v) is 18.4. The Hall–Kier alpha value is -2.58. The standard InChI is InChI=1S/C22H20Cl2F2N2O4/c23-15-3-1-13(7-17(15)25)31-6-5-27-20(30)21-10-22(11-21,12-21)28-19(29)9-32-14-2-4-16(24)18(26)8-14/h1-4,7-8H,5-6,9-12H2,(H,27,30)(H,28,29). The van der Waals surface area contributed by atoms with Gasteiger partial charge in [-0.15, -0.1) is 0 Å². The summed E-state index contributed by atoms with van der Waals surface area (Å²) in [6, 6.07) is 8.08. The summed E-state index contributed by atoms with van der Waals surface area (Å²) >= 11 is 11.2. The number of benzene rings is 2. The summed E-state index contributed by atoms with van der Waals surface area (Å²) in [5.41, 5.74) is -0.861. The molecular weight excluding hydrogens is 465 g/mol. The van der Waals surface area contributed by atoms with Crippen molar-refractivity contribution < 1.29 is 27.8 Å². The second-order valence-electron chi connectivity index (χ2n) is 8.18. The Balaban J connectivity index is 1.15. The first-order valence-electron chi connectivity index (χ1n) is 9.95. The maximum absolute atomic E-state index is 13.4. The molecule has 2 aromatic rings. The predicted molar refractivity (Wildman–Crippen MR) is 114 cm³/mol. The Labute approximate surface area is 193 Å². The fraction of sp³-hybridized carbons (Fsp3) is 0.364. The van der Waals surface area contributed by atoms with Gasteiger partial charge < -0.3 is 20.1 Å². The van der Waals surface area contributed by atoms with Crippen LogP contribution in [0.4, 0.5) is 8.78 Å². The Morgan fingerprint density at radius 1 is 0.938 bits per heavy atom. The van der Waals surface area contributed by atoms with Crippen molar-refractivity contribution in [3.63, 3.8) is 0 Å². The number of halogens is 4. The number of ether oxygens (including phenoxy) is 2. The van der Waals surface area contributed by atoms with Crippen LogP contribution in [0.3, 0.4) is 0 Å². The summed E-state index contributed by atoms with van der Waals surface area (Å²) in [6.07, 6.45) is 1.66. The lowest BCUT2D eigenvalue weighted by molar-refractivity contribution is -0.184. The third kappa shape index (κ3) is 4.61. The van der Waals surface area contributed by atoms with E-state index in [1.165, 1.54) is 24.3 Å². The van der Waals surface area contributed by atoms with Crippen molar-refractivity contribution in [3.8, 4) is 11.5 Å². The lowest BCUT2D eigenvalue weighted by atomic mass is 9.39. The van der Waals surface area contributed by atoms with Crippen LogP contribution in [0.25, 0.3) is 0 Å². The monoisotopic (exact) mass is 484 g/mol. The minimum absolute atomic E-state index is 0.0146. The molecule has 0 atom stereocenters. The molecule has 0 radical (unpaired) electrons. The summed E-state index contributed by atoms with van der Waals surface area (Å²) in [5, 5.41) is 5.71. The van der Waals surface area contributed by atoms with Crippen molar-refractivity contribution in [1.82, 2.24) is 10.6 Å². The van der Waals surface area contributed by atoms with Gasteiger partial charge in [0.25, 0.3) is 5.91 Å². The predicted octanol–water partition coefficient (Wildman–Crippen LogP) is 3.88. The first-order valence-corrected chi connectivity index (χ1v) is 10.7. The van der Waals surface area contributed by atoms with Crippen molar-refractivity contribution in [2.75, 3.05) is 19.8 Å². The molecule has 2 aromatic carbocycles. The normalized spacial score (nSPS) is 22.9. The van der Waals surface area contributed by atoms with E-state index in [2.05, 4.69) is 10.6 Å². The first-order chi connectivity index (χ1) is 15.2. The molecular formula is C22H20Cl2F2N2O4. The van der Waals surface area contributed by atoms with Gasteiger partial charge in [-0.05, 0) is 43.5 Å². The molecule has 6 nitrogen and oxygen atoms in total. The topological polar surface area (TPSA) is 76.7 Å². The van der Waals surface area contributed by atoms with E-state index in [0.717, 1.165) is 6.07 Å². The molecule has 3 aliphatic carbocycles. The molecule has 2 bridgehead atoms. The van der Waals surface area contributed by atoms with Crippen molar-refractivity contribution in [2.24, 2.45) is 5.41 Å². The minimum Gasteiger partial charge on any atom is -0.492 e. The molecule has 3 aliphatic rings. The van der Waals surface area contributed by atoms with E-state index < -0.39 is 17.0 Å². The van der Waals surface area contributed by atoms with Crippen molar-refractivity contribution in [3.05, 3.63) is 58.1 Å². The third-order valence-corrected chi connectivity index (χ3v) is 6.34. The summed E-state index contributed by atoms with van der Waals surface area (Å²) in [6.45, 7) is 0.202. The van der Waals surface area contributed by atoms with Gasteiger partial charge in [0.05, 0.1) is 22.0 Å². The lowest BCUT2D eigenvalue weighted by Gasteiger charge is -2.69. The largest absolute Gasteiger partial charge is 0.492 e. The number of hydrogen-bond donors (Lipinski definition) is 2. The molecule has 0 spiro atoms. The molecule has 2 amide bonds. The smallest absolute Gasteiger partial charge is 0.258 e. The number of amides is 2. The SMILES string of the molecule is O=C(COc1ccc(Cl)c(F)c1)NC12CC(C(=O)NCCOc3ccc(Cl)c(F)c3)(C1)C2. The zero-order chi connectivity index (χ0) is 22.9. The molecule has 170 valence electrons. The van der Waals surface area contributed by atoms with E-state index in [4.69, 9.17) is 32.7 Å². The van der Waals surface area contributed by atoms with Crippen molar-refractivity contribution >= 4 is 35.0 Å². The average Bonchev–Trinajstić information content (AvgIpc) is 2.70. The molecule has 3 saturated carbocycles. The molecule has 0 aliphatic heterocycles. The fourth-order valence-corrected chi connectivity index (χ4v) is 4.53. The first kappa shape index (κ1) is 22.6. The highest BCUT2D eigenvalue weighted by Gasteiger charge is 2.72. The molecule has 0 heterocycles. The maximum Gasteiger partial charge on any atom is 0.258 e. The molecule has 3 fully saturated rings. The molecule has 10 heteroatoms. The number of carbonyl (C=O) groups excluding carboxylic acids is 2. The van der Waals surface area contributed by atoms with Crippen LogP contribution in [0.1, 0.15) is 19.3 Å². The van der Waals surface area contributed by atoms with Gasteiger partial charge in [0.2, 0.25) is 5.91 Å². The average molecular weight is 485 g/mol. The van der Waals surface area contributed by atoms with Crippen LogP contribution < -0.4 is 20.1 Å². The summed E-state index contributed by atoms with van der Waals surface area (Å²) in [7, 11) is 0. The molecule has 2 N–H and O–H groups in total. The van der Waals surface area contributed by atoms with Gasteiger partial charge >= 0.3 is 0 Å².